The van der Waals surface area contributed by atoms with Gasteiger partial charge in [0.05, 0.1) is 17.2 Å². The molecule has 0 spiro atoms. The van der Waals surface area contributed by atoms with Gasteiger partial charge in [-0.2, -0.15) is 0 Å². The molecule has 3 rings (SSSR count). The van der Waals surface area contributed by atoms with Crippen molar-refractivity contribution in [1.29, 1.82) is 0 Å². The molecule has 0 saturated carbocycles. The predicted octanol–water partition coefficient (Wildman–Crippen LogP) is 4.35. The first-order valence-corrected chi connectivity index (χ1v) is 14.1. The fourth-order valence-corrected chi connectivity index (χ4v) is 5.62. The van der Waals surface area contributed by atoms with Gasteiger partial charge in [-0.25, -0.2) is 12.8 Å². The van der Waals surface area contributed by atoms with Crippen molar-refractivity contribution in [1.82, 2.24) is 10.2 Å². The van der Waals surface area contributed by atoms with E-state index in [0.717, 1.165) is 38.6 Å². The molecule has 0 aliphatic heterocycles. The summed E-state index contributed by atoms with van der Waals surface area (Å²) in [6.07, 6.45) is 0. The minimum atomic E-state index is -4.29. The summed E-state index contributed by atoms with van der Waals surface area (Å²) in [6, 6.07) is 17.0. The maximum atomic E-state index is 13.7. The number of hydrogen-bond donors (Lipinski definition) is 1. The van der Waals surface area contributed by atoms with Gasteiger partial charge in [-0.15, -0.1) is 0 Å². The van der Waals surface area contributed by atoms with Crippen LogP contribution >= 0.6 is 15.9 Å². The normalized spacial score (nSPS) is 11.9. The number of anilines is 1. The molecular weight excluding hydrogens is 577 g/mol. The first-order chi connectivity index (χ1) is 18.1. The van der Waals surface area contributed by atoms with Crippen molar-refractivity contribution in [2.75, 3.05) is 24.5 Å². The summed E-state index contributed by atoms with van der Waals surface area (Å²) in [6.45, 7) is 3.30. The van der Waals surface area contributed by atoms with Crippen LogP contribution in [0.2, 0.25) is 0 Å². The van der Waals surface area contributed by atoms with Gasteiger partial charge in [-0.1, -0.05) is 28.1 Å². The minimum Gasteiger partial charge on any atom is -0.494 e. The summed E-state index contributed by atoms with van der Waals surface area (Å²) in [5.41, 5.74) is 0.957. The van der Waals surface area contributed by atoms with E-state index >= 15 is 0 Å². The van der Waals surface area contributed by atoms with Crippen molar-refractivity contribution < 1.29 is 27.1 Å². The maximum absolute atomic E-state index is 13.7. The topological polar surface area (TPSA) is 96.0 Å². The van der Waals surface area contributed by atoms with E-state index in [4.69, 9.17) is 4.74 Å². The van der Waals surface area contributed by atoms with Crippen LogP contribution in [0, 0.1) is 5.82 Å². The lowest BCUT2D eigenvalue weighted by atomic mass is 10.1. The molecule has 38 heavy (non-hydrogen) atoms. The lowest BCUT2D eigenvalue weighted by Crippen LogP contribution is -2.50. The van der Waals surface area contributed by atoms with Gasteiger partial charge < -0.3 is 15.0 Å². The van der Waals surface area contributed by atoms with Crippen molar-refractivity contribution in [2.45, 2.75) is 31.3 Å². The van der Waals surface area contributed by atoms with Gasteiger partial charge in [0.15, 0.2) is 0 Å². The average molecular weight is 607 g/mol. The standard InChI is InChI=1S/C27H29BrFN3O5S/c1-4-37-24-12-10-23(11-13-24)32(38(35,36)25-14-8-22(29)9-15-25)18-26(33)31(19(2)27(34)30-3)17-20-6-5-7-21(28)16-20/h5-16,19H,4,17-18H2,1-3H3,(H,30,34). The fourth-order valence-electron chi connectivity index (χ4n) is 3.76. The number of nitrogens with one attached hydrogen (secondary N) is 1. The fraction of sp³-hybridized carbons (Fsp3) is 0.259. The van der Waals surface area contributed by atoms with Crippen molar-refractivity contribution in [3.05, 3.63) is 88.6 Å². The van der Waals surface area contributed by atoms with Crippen molar-refractivity contribution in [3.8, 4) is 5.75 Å². The Morgan fingerprint density at radius 2 is 1.71 bits per heavy atom. The Labute approximate surface area is 230 Å². The molecule has 0 heterocycles. The number of sulfonamides is 1. The van der Waals surface area contributed by atoms with E-state index in [2.05, 4.69) is 21.2 Å². The molecule has 0 radical (unpaired) electrons. The van der Waals surface area contributed by atoms with Crippen molar-refractivity contribution in [2.24, 2.45) is 0 Å². The Hall–Kier alpha value is -3.44. The Morgan fingerprint density at radius 3 is 2.29 bits per heavy atom. The van der Waals surface area contributed by atoms with Crippen LogP contribution in [-0.2, 0) is 26.2 Å². The summed E-state index contributed by atoms with van der Waals surface area (Å²) < 4.78 is 48.1. The summed E-state index contributed by atoms with van der Waals surface area (Å²) in [5.74, 6) is -1.05. The molecule has 1 unspecified atom stereocenters. The maximum Gasteiger partial charge on any atom is 0.264 e. The van der Waals surface area contributed by atoms with E-state index in [1.54, 1.807) is 31.2 Å². The highest BCUT2D eigenvalue weighted by Crippen LogP contribution is 2.27. The summed E-state index contributed by atoms with van der Waals surface area (Å²) in [7, 11) is -2.82. The molecule has 0 aromatic heterocycles. The van der Waals surface area contributed by atoms with Gasteiger partial charge in [0, 0.05) is 18.1 Å². The van der Waals surface area contributed by atoms with Crippen molar-refractivity contribution >= 4 is 43.5 Å². The molecule has 202 valence electrons. The number of benzene rings is 3. The Bertz CT molecular complexity index is 1370. The minimum absolute atomic E-state index is 0.0700. The van der Waals surface area contributed by atoms with E-state index < -0.39 is 40.2 Å². The van der Waals surface area contributed by atoms with Gasteiger partial charge in [0.25, 0.3) is 10.0 Å². The molecule has 1 N–H and O–H groups in total. The number of rotatable bonds is 11. The smallest absolute Gasteiger partial charge is 0.264 e. The van der Waals surface area contributed by atoms with Crippen LogP contribution in [0.5, 0.6) is 5.75 Å². The molecule has 2 amide bonds. The lowest BCUT2D eigenvalue weighted by molar-refractivity contribution is -0.139. The van der Waals surface area contributed by atoms with Crippen LogP contribution in [0.4, 0.5) is 10.1 Å². The first-order valence-electron chi connectivity index (χ1n) is 11.8. The molecule has 1 atom stereocenters. The number of nitrogens with zero attached hydrogens (tertiary/aromatic N) is 2. The molecule has 0 saturated heterocycles. The number of likely N-dealkylation sites (N-methyl/N-ethyl adjacent to an activating group) is 1. The van der Waals surface area contributed by atoms with Gasteiger partial charge in [-0.05, 0) is 80.1 Å². The average Bonchev–Trinajstić information content (AvgIpc) is 2.90. The molecule has 11 heteroatoms. The predicted molar refractivity (Wildman–Crippen MR) is 147 cm³/mol. The zero-order valence-electron chi connectivity index (χ0n) is 21.2. The Kier molecular flexibility index (Phi) is 9.87. The summed E-state index contributed by atoms with van der Waals surface area (Å²) >= 11 is 3.41. The number of carbonyl (C=O) groups is 2. The quantitative estimate of drug-likeness (QED) is 0.351. The second-order valence-corrected chi connectivity index (χ2v) is 11.1. The molecule has 0 aliphatic rings. The van der Waals surface area contributed by atoms with Gasteiger partial charge >= 0.3 is 0 Å². The highest BCUT2D eigenvalue weighted by molar-refractivity contribution is 9.10. The van der Waals surface area contributed by atoms with E-state index in [1.807, 2.05) is 19.1 Å². The number of halogens is 2. The van der Waals surface area contributed by atoms with E-state index in [9.17, 15) is 22.4 Å². The third-order valence-corrected chi connectivity index (χ3v) is 8.05. The van der Waals surface area contributed by atoms with Crippen LogP contribution in [-0.4, -0.2) is 51.4 Å². The van der Waals surface area contributed by atoms with Crippen LogP contribution in [0.3, 0.4) is 0 Å². The summed E-state index contributed by atoms with van der Waals surface area (Å²) in [4.78, 5) is 27.4. The van der Waals surface area contributed by atoms with E-state index in [0.29, 0.717) is 12.4 Å². The highest BCUT2D eigenvalue weighted by Gasteiger charge is 2.32. The monoisotopic (exact) mass is 605 g/mol. The molecule has 0 aliphatic carbocycles. The van der Waals surface area contributed by atoms with Crippen molar-refractivity contribution in [3.63, 3.8) is 0 Å². The third-order valence-electron chi connectivity index (χ3n) is 5.77. The van der Waals surface area contributed by atoms with Gasteiger partial charge in [-0.3, -0.25) is 13.9 Å². The van der Waals surface area contributed by atoms with Crippen LogP contribution in [0.1, 0.15) is 19.4 Å². The molecular formula is C27H29BrFN3O5S. The zero-order valence-corrected chi connectivity index (χ0v) is 23.6. The summed E-state index contributed by atoms with van der Waals surface area (Å²) in [5, 5.41) is 2.54. The number of amides is 2. The van der Waals surface area contributed by atoms with Gasteiger partial charge in [0.1, 0.15) is 24.2 Å². The number of hydrogen-bond acceptors (Lipinski definition) is 5. The first kappa shape index (κ1) is 29.1. The highest BCUT2D eigenvalue weighted by atomic mass is 79.9. The van der Waals surface area contributed by atoms with E-state index in [1.165, 1.54) is 24.1 Å². The van der Waals surface area contributed by atoms with Crippen LogP contribution < -0.4 is 14.4 Å². The largest absolute Gasteiger partial charge is 0.494 e. The second-order valence-electron chi connectivity index (χ2n) is 8.33. The Balaban J connectivity index is 2.03. The number of ether oxygens (including phenoxy) is 1. The van der Waals surface area contributed by atoms with Crippen LogP contribution in [0.15, 0.2) is 82.2 Å². The zero-order chi connectivity index (χ0) is 27.9. The third kappa shape index (κ3) is 7.11. The molecule has 3 aromatic carbocycles. The Morgan fingerprint density at radius 1 is 1.05 bits per heavy atom. The molecule has 8 nitrogen and oxygen atoms in total. The molecule has 0 fully saturated rings. The number of carbonyl (C=O) groups excluding carboxylic acids is 2. The molecule has 3 aromatic rings. The SMILES string of the molecule is CCOc1ccc(N(CC(=O)N(Cc2cccc(Br)c2)C(C)C(=O)NC)S(=O)(=O)c2ccc(F)cc2)cc1. The van der Waals surface area contributed by atoms with Crippen LogP contribution in [0.25, 0.3) is 0 Å². The second kappa shape index (κ2) is 12.9. The lowest BCUT2D eigenvalue weighted by Gasteiger charge is -2.31. The molecule has 0 bridgehead atoms. The van der Waals surface area contributed by atoms with E-state index in [-0.39, 0.29) is 17.1 Å². The van der Waals surface area contributed by atoms with Gasteiger partial charge in [0.2, 0.25) is 11.8 Å².